The van der Waals surface area contributed by atoms with Gasteiger partial charge in [-0.3, -0.25) is 4.79 Å². The number of ketones is 1. The highest BCUT2D eigenvalue weighted by Gasteiger charge is 2.67. The van der Waals surface area contributed by atoms with Gasteiger partial charge in [0.05, 0.1) is 11.0 Å². The molecule has 4 rings (SSSR count). The quantitative estimate of drug-likeness (QED) is 0.549. The number of aliphatic hydroxyl groups is 1. The van der Waals surface area contributed by atoms with Crippen LogP contribution in [-0.4, -0.2) is 30.9 Å². The first-order valence-corrected chi connectivity index (χ1v) is 15.1. The summed E-state index contributed by atoms with van der Waals surface area (Å²) in [6.45, 7) is 16.3. The van der Waals surface area contributed by atoms with Crippen molar-refractivity contribution in [3.8, 4) is 0 Å². The molecule has 0 aromatic heterocycles. The van der Waals surface area contributed by atoms with Crippen molar-refractivity contribution in [2.24, 2.45) is 28.6 Å². The summed E-state index contributed by atoms with van der Waals surface area (Å²) in [6, 6.07) is 0. The average Bonchev–Trinajstić information content (AvgIpc) is 2.85. The van der Waals surface area contributed by atoms with Gasteiger partial charge in [0.1, 0.15) is 5.78 Å². The number of carbonyl (C=O) groups is 1. The molecule has 0 aromatic carbocycles. The molecule has 4 fully saturated rings. The Hall–Kier alpha value is -0.193. The van der Waals surface area contributed by atoms with Gasteiger partial charge in [0.15, 0.2) is 8.32 Å². The number of hydrogen-bond donors (Lipinski definition) is 1. The second kappa shape index (κ2) is 6.65. The number of fused-ring (bicyclic) bond motifs is 5. The van der Waals surface area contributed by atoms with Gasteiger partial charge in [0.2, 0.25) is 0 Å². The molecule has 166 valence electrons. The van der Waals surface area contributed by atoms with Gasteiger partial charge in [-0.2, -0.15) is 0 Å². The van der Waals surface area contributed by atoms with Crippen LogP contribution in [0.1, 0.15) is 92.4 Å². The maximum absolute atomic E-state index is 12.7. The van der Waals surface area contributed by atoms with Crippen molar-refractivity contribution in [1.82, 2.24) is 0 Å². The number of hydrogen-bond acceptors (Lipinski definition) is 3. The van der Waals surface area contributed by atoms with E-state index < -0.39 is 19.3 Å². The lowest BCUT2D eigenvalue weighted by Gasteiger charge is -2.63. The van der Waals surface area contributed by atoms with Crippen LogP contribution < -0.4 is 0 Å². The van der Waals surface area contributed by atoms with Crippen LogP contribution in [0.3, 0.4) is 0 Å². The van der Waals surface area contributed by atoms with Crippen molar-refractivity contribution in [2.75, 3.05) is 0 Å². The molecule has 29 heavy (non-hydrogen) atoms. The summed E-state index contributed by atoms with van der Waals surface area (Å²) in [5.41, 5.74) is -0.936. The molecule has 3 nitrogen and oxygen atoms in total. The third-order valence-corrected chi connectivity index (χ3v) is 15.3. The fraction of sp³-hybridized carbons (Fsp3) is 0.960. The van der Waals surface area contributed by atoms with Gasteiger partial charge in [-0.1, -0.05) is 27.7 Å². The highest BCUT2D eigenvalue weighted by Crippen LogP contribution is 2.67. The first kappa shape index (κ1) is 22.0. The number of carbonyl (C=O) groups excluding carboxylic acids is 1. The molecule has 0 radical (unpaired) electrons. The van der Waals surface area contributed by atoms with Crippen LogP contribution in [0, 0.1) is 28.6 Å². The Labute approximate surface area is 179 Å². The maximum Gasteiger partial charge on any atom is 0.192 e. The SMILES string of the molecule is CC(C)(C)[Si](C)(C)O[C@H]1CC[C@@]2(C)[C@H](CC[C@@H]3[C@@H]2CC[C@]2(C)C(=O)CC[C@]32O)C1. The molecule has 0 spiro atoms. The van der Waals surface area contributed by atoms with Crippen LogP contribution in [0.4, 0.5) is 0 Å². The second-order valence-electron chi connectivity index (χ2n) is 13.0. The Kier molecular flexibility index (Phi) is 5.05. The van der Waals surface area contributed by atoms with Gasteiger partial charge in [-0.25, -0.2) is 0 Å². The zero-order chi connectivity index (χ0) is 21.5. The van der Waals surface area contributed by atoms with Crippen LogP contribution in [0.5, 0.6) is 0 Å². The van der Waals surface area contributed by atoms with Crippen molar-refractivity contribution in [3.63, 3.8) is 0 Å². The standard InChI is InChI=1S/C25H44O3Si/c1-22(2,3)29(6,7)28-18-10-13-23(4)17(16-18)8-9-20-19(23)11-14-24(5)21(26)12-15-25(20,24)27/h17-20,27H,8-16H2,1-7H3/t17-,18+,19+,20-,23+,24-,25+/m1/s1. The lowest BCUT2D eigenvalue weighted by Crippen LogP contribution is -2.62. The van der Waals surface area contributed by atoms with Crippen LogP contribution in [0.25, 0.3) is 0 Å². The maximum atomic E-state index is 12.7. The number of rotatable bonds is 2. The fourth-order valence-electron chi connectivity index (χ4n) is 7.65. The lowest BCUT2D eigenvalue weighted by molar-refractivity contribution is -0.201. The molecule has 0 aliphatic heterocycles. The van der Waals surface area contributed by atoms with E-state index in [1.807, 2.05) is 0 Å². The minimum atomic E-state index is -1.73. The molecule has 0 aromatic rings. The normalized spacial score (nSPS) is 48.1. The summed E-state index contributed by atoms with van der Waals surface area (Å²) in [6.07, 6.45) is 9.57. The minimum Gasteiger partial charge on any atom is -0.414 e. The fourth-order valence-corrected chi connectivity index (χ4v) is 9.05. The smallest absolute Gasteiger partial charge is 0.192 e. The van der Waals surface area contributed by atoms with E-state index in [2.05, 4.69) is 47.7 Å². The van der Waals surface area contributed by atoms with E-state index in [1.54, 1.807) is 0 Å². The van der Waals surface area contributed by atoms with Crippen LogP contribution in [0.2, 0.25) is 18.1 Å². The Morgan fingerprint density at radius 2 is 1.69 bits per heavy atom. The molecule has 4 aliphatic rings. The predicted octanol–water partition coefficient (Wildman–Crippen LogP) is 6.10. The van der Waals surface area contributed by atoms with E-state index in [-0.39, 0.29) is 5.04 Å². The van der Waals surface area contributed by atoms with Crippen molar-refractivity contribution in [3.05, 3.63) is 0 Å². The van der Waals surface area contributed by atoms with E-state index in [0.717, 1.165) is 25.7 Å². The monoisotopic (exact) mass is 420 g/mol. The Bertz CT molecular complexity index is 682. The van der Waals surface area contributed by atoms with Crippen molar-refractivity contribution in [1.29, 1.82) is 0 Å². The van der Waals surface area contributed by atoms with Gasteiger partial charge in [-0.15, -0.1) is 0 Å². The average molecular weight is 421 g/mol. The lowest BCUT2D eigenvalue weighted by atomic mass is 9.44. The van der Waals surface area contributed by atoms with E-state index in [0.29, 0.717) is 47.9 Å². The highest BCUT2D eigenvalue weighted by molar-refractivity contribution is 6.74. The van der Waals surface area contributed by atoms with Crippen LogP contribution in [-0.2, 0) is 9.22 Å². The van der Waals surface area contributed by atoms with Gasteiger partial charge in [0.25, 0.3) is 0 Å². The first-order valence-electron chi connectivity index (χ1n) is 12.2. The molecule has 0 unspecified atom stereocenters. The summed E-state index contributed by atoms with van der Waals surface area (Å²) in [5, 5.41) is 12.1. The summed E-state index contributed by atoms with van der Waals surface area (Å²) in [7, 11) is -1.73. The van der Waals surface area contributed by atoms with Gasteiger partial charge >= 0.3 is 0 Å². The van der Waals surface area contributed by atoms with Crippen molar-refractivity contribution in [2.45, 2.75) is 122 Å². The molecule has 0 saturated heterocycles. The van der Waals surface area contributed by atoms with E-state index in [1.165, 1.54) is 19.3 Å². The molecule has 4 saturated carbocycles. The Morgan fingerprint density at radius 3 is 2.34 bits per heavy atom. The van der Waals surface area contributed by atoms with E-state index in [9.17, 15) is 9.90 Å². The molecular weight excluding hydrogens is 376 g/mol. The van der Waals surface area contributed by atoms with Crippen molar-refractivity contribution >= 4 is 14.1 Å². The highest BCUT2D eigenvalue weighted by atomic mass is 28.4. The third-order valence-electron chi connectivity index (χ3n) is 10.8. The minimum absolute atomic E-state index is 0.261. The topological polar surface area (TPSA) is 46.5 Å². The molecule has 0 amide bonds. The van der Waals surface area contributed by atoms with Crippen molar-refractivity contribution < 1.29 is 14.3 Å². The molecule has 0 heterocycles. The van der Waals surface area contributed by atoms with Crippen LogP contribution >= 0.6 is 0 Å². The predicted molar refractivity (Wildman–Crippen MR) is 120 cm³/mol. The number of Topliss-reactive ketones (excluding diaryl/α,β-unsaturated/α-hetero) is 1. The van der Waals surface area contributed by atoms with Gasteiger partial charge < -0.3 is 9.53 Å². The zero-order valence-corrected chi connectivity index (χ0v) is 20.9. The van der Waals surface area contributed by atoms with Gasteiger partial charge in [-0.05, 0) is 99.6 Å². The van der Waals surface area contributed by atoms with Crippen LogP contribution in [0.15, 0.2) is 0 Å². The zero-order valence-electron chi connectivity index (χ0n) is 19.9. The molecule has 0 bridgehead atoms. The van der Waals surface area contributed by atoms with E-state index in [4.69, 9.17) is 4.43 Å². The Balaban J connectivity index is 1.52. The van der Waals surface area contributed by atoms with Gasteiger partial charge in [0, 0.05) is 12.5 Å². The summed E-state index contributed by atoms with van der Waals surface area (Å²) in [5.74, 6) is 1.90. The first-order chi connectivity index (χ1) is 13.2. The summed E-state index contributed by atoms with van der Waals surface area (Å²) in [4.78, 5) is 12.7. The molecular formula is C25H44O3Si. The molecule has 4 heteroatoms. The summed E-state index contributed by atoms with van der Waals surface area (Å²) >= 11 is 0. The Morgan fingerprint density at radius 1 is 1.00 bits per heavy atom. The third kappa shape index (κ3) is 3.06. The molecule has 1 N–H and O–H groups in total. The summed E-state index contributed by atoms with van der Waals surface area (Å²) < 4.78 is 6.84. The van der Waals surface area contributed by atoms with E-state index >= 15 is 0 Å². The largest absolute Gasteiger partial charge is 0.414 e. The second-order valence-corrected chi connectivity index (χ2v) is 17.7. The molecule has 4 aliphatic carbocycles. The molecule has 7 atom stereocenters.